The maximum Gasteiger partial charge on any atom is 0.249 e. The molecule has 4 nitrogen and oxygen atoms in total. The van der Waals surface area contributed by atoms with E-state index in [0.29, 0.717) is 12.1 Å². The summed E-state index contributed by atoms with van der Waals surface area (Å²) in [6.07, 6.45) is 1.07. The highest BCUT2D eigenvalue weighted by molar-refractivity contribution is 5.94. The van der Waals surface area contributed by atoms with Crippen LogP contribution in [0, 0.1) is 5.41 Å². The molecule has 0 aromatic heterocycles. The van der Waals surface area contributed by atoms with Gasteiger partial charge in [0.05, 0.1) is 0 Å². The molecule has 4 heteroatoms. The van der Waals surface area contributed by atoms with E-state index in [1.807, 2.05) is 18.2 Å². The Morgan fingerprint density at radius 1 is 1.30 bits per heavy atom. The van der Waals surface area contributed by atoms with Crippen LogP contribution >= 0.6 is 0 Å². The summed E-state index contributed by atoms with van der Waals surface area (Å²) in [4.78, 5) is 13.8. The molecule has 1 rings (SSSR count). The molecule has 4 N–H and O–H groups in total. The van der Waals surface area contributed by atoms with Gasteiger partial charge in [0.2, 0.25) is 5.91 Å². The number of hydrogen-bond acceptors (Lipinski definition) is 3. The molecule has 0 fully saturated rings. The van der Waals surface area contributed by atoms with Crippen LogP contribution in [0.1, 0.15) is 43.1 Å². The molecular formula is C16H27N3O. The fourth-order valence-corrected chi connectivity index (χ4v) is 2.34. The molecule has 1 aromatic carbocycles. The molecule has 0 unspecified atom stereocenters. The van der Waals surface area contributed by atoms with Gasteiger partial charge < -0.3 is 11.5 Å². The summed E-state index contributed by atoms with van der Waals surface area (Å²) in [7, 11) is 0. The van der Waals surface area contributed by atoms with Crippen LogP contribution in [0.15, 0.2) is 24.3 Å². The quantitative estimate of drug-likeness (QED) is 0.763. The molecule has 1 aromatic rings. The number of nitrogens with two attached hydrogens (primary N) is 2. The number of benzene rings is 1. The topological polar surface area (TPSA) is 72.3 Å². The average Bonchev–Trinajstić information content (AvgIpc) is 2.39. The van der Waals surface area contributed by atoms with Crippen molar-refractivity contribution in [3.8, 4) is 0 Å². The second-order valence-corrected chi connectivity index (χ2v) is 6.10. The largest absolute Gasteiger partial charge is 0.366 e. The van der Waals surface area contributed by atoms with E-state index in [1.54, 1.807) is 6.07 Å². The monoisotopic (exact) mass is 277 g/mol. The van der Waals surface area contributed by atoms with Crippen molar-refractivity contribution in [3.05, 3.63) is 35.4 Å². The fourth-order valence-electron chi connectivity index (χ4n) is 2.34. The molecule has 0 bridgehead atoms. The third-order valence-electron chi connectivity index (χ3n) is 3.42. The highest BCUT2D eigenvalue weighted by Crippen LogP contribution is 2.18. The molecule has 0 aliphatic carbocycles. The molecular weight excluding hydrogens is 250 g/mol. The van der Waals surface area contributed by atoms with Gasteiger partial charge in [0.15, 0.2) is 0 Å². The molecule has 112 valence electrons. The number of carbonyl (C=O) groups excluding carboxylic acids is 1. The first-order chi connectivity index (χ1) is 9.39. The first-order valence-corrected chi connectivity index (χ1v) is 7.19. The predicted octanol–water partition coefficient (Wildman–Crippen LogP) is 1.98. The molecule has 0 radical (unpaired) electrons. The summed E-state index contributed by atoms with van der Waals surface area (Å²) in [6, 6.07) is 7.55. The van der Waals surface area contributed by atoms with Crippen LogP contribution in [-0.4, -0.2) is 30.4 Å². The first-order valence-electron chi connectivity index (χ1n) is 7.19. The SMILES string of the molecule is CCCN(Cc1ccccc1C(N)=O)CC(C)(C)CN. The first kappa shape index (κ1) is 16.7. The van der Waals surface area contributed by atoms with Gasteiger partial charge in [-0.3, -0.25) is 9.69 Å². The van der Waals surface area contributed by atoms with Crippen LogP contribution in [0.25, 0.3) is 0 Å². The number of primary amides is 1. The summed E-state index contributed by atoms with van der Waals surface area (Å²) < 4.78 is 0. The highest BCUT2D eigenvalue weighted by atomic mass is 16.1. The van der Waals surface area contributed by atoms with E-state index >= 15 is 0 Å². The van der Waals surface area contributed by atoms with Crippen LogP contribution in [-0.2, 0) is 6.54 Å². The smallest absolute Gasteiger partial charge is 0.249 e. The number of carbonyl (C=O) groups is 1. The molecule has 0 aliphatic rings. The zero-order valence-electron chi connectivity index (χ0n) is 12.9. The van der Waals surface area contributed by atoms with Crippen molar-refractivity contribution in [1.29, 1.82) is 0 Å². The van der Waals surface area contributed by atoms with Gasteiger partial charge in [-0.15, -0.1) is 0 Å². The summed E-state index contributed by atoms with van der Waals surface area (Å²) in [5, 5.41) is 0. The van der Waals surface area contributed by atoms with Gasteiger partial charge in [-0.1, -0.05) is 39.0 Å². The number of rotatable bonds is 8. The lowest BCUT2D eigenvalue weighted by molar-refractivity contribution is 0.0997. The lowest BCUT2D eigenvalue weighted by atomic mass is 9.92. The Morgan fingerprint density at radius 2 is 1.95 bits per heavy atom. The Balaban J connectivity index is 2.88. The van der Waals surface area contributed by atoms with E-state index in [9.17, 15) is 4.79 Å². The Morgan fingerprint density at radius 3 is 2.50 bits per heavy atom. The average molecular weight is 277 g/mol. The van der Waals surface area contributed by atoms with Crippen LogP contribution in [0.4, 0.5) is 0 Å². The summed E-state index contributed by atoms with van der Waals surface area (Å²) in [6.45, 7) is 9.75. The lowest BCUT2D eigenvalue weighted by Gasteiger charge is -2.32. The van der Waals surface area contributed by atoms with Crippen molar-refractivity contribution in [2.45, 2.75) is 33.7 Å². The minimum atomic E-state index is -0.366. The molecule has 0 saturated heterocycles. The summed E-state index contributed by atoms with van der Waals surface area (Å²) in [5.74, 6) is -0.366. The van der Waals surface area contributed by atoms with Gasteiger partial charge in [0.25, 0.3) is 0 Å². The molecule has 0 spiro atoms. The van der Waals surface area contributed by atoms with E-state index in [-0.39, 0.29) is 11.3 Å². The van der Waals surface area contributed by atoms with Crippen LogP contribution in [0.2, 0.25) is 0 Å². The van der Waals surface area contributed by atoms with E-state index in [2.05, 4.69) is 25.7 Å². The molecule has 20 heavy (non-hydrogen) atoms. The van der Waals surface area contributed by atoms with Gasteiger partial charge in [-0.2, -0.15) is 0 Å². The Bertz CT molecular complexity index is 443. The van der Waals surface area contributed by atoms with E-state index < -0.39 is 0 Å². The number of nitrogens with zero attached hydrogens (tertiary/aromatic N) is 1. The maximum absolute atomic E-state index is 11.5. The molecule has 0 aliphatic heterocycles. The van der Waals surface area contributed by atoms with Crippen molar-refractivity contribution in [1.82, 2.24) is 4.90 Å². The zero-order chi connectivity index (χ0) is 15.2. The summed E-state index contributed by atoms with van der Waals surface area (Å²) in [5.41, 5.74) is 12.9. The van der Waals surface area contributed by atoms with Crippen molar-refractivity contribution in [2.24, 2.45) is 16.9 Å². The van der Waals surface area contributed by atoms with E-state index in [0.717, 1.165) is 31.6 Å². The Kier molecular flexibility index (Phi) is 6.17. The van der Waals surface area contributed by atoms with Gasteiger partial charge >= 0.3 is 0 Å². The predicted molar refractivity (Wildman–Crippen MR) is 83.4 cm³/mol. The van der Waals surface area contributed by atoms with Crippen molar-refractivity contribution in [3.63, 3.8) is 0 Å². The van der Waals surface area contributed by atoms with Crippen LogP contribution < -0.4 is 11.5 Å². The van der Waals surface area contributed by atoms with E-state index in [1.165, 1.54) is 0 Å². The minimum Gasteiger partial charge on any atom is -0.366 e. The fraction of sp³-hybridized carbons (Fsp3) is 0.562. The van der Waals surface area contributed by atoms with Crippen LogP contribution in [0.3, 0.4) is 0 Å². The highest BCUT2D eigenvalue weighted by Gasteiger charge is 2.21. The van der Waals surface area contributed by atoms with Gasteiger partial charge in [0.1, 0.15) is 0 Å². The van der Waals surface area contributed by atoms with Gasteiger partial charge in [-0.05, 0) is 36.6 Å². The molecule has 0 atom stereocenters. The Labute approximate surface area is 122 Å². The second kappa shape index (κ2) is 7.41. The zero-order valence-corrected chi connectivity index (χ0v) is 12.9. The lowest BCUT2D eigenvalue weighted by Crippen LogP contribution is -2.39. The number of hydrogen-bond donors (Lipinski definition) is 2. The minimum absolute atomic E-state index is 0.0663. The third kappa shape index (κ3) is 4.94. The number of amides is 1. The van der Waals surface area contributed by atoms with Crippen molar-refractivity contribution in [2.75, 3.05) is 19.6 Å². The van der Waals surface area contributed by atoms with Gasteiger partial charge in [0, 0.05) is 18.7 Å². The van der Waals surface area contributed by atoms with E-state index in [4.69, 9.17) is 11.5 Å². The normalized spacial score (nSPS) is 11.8. The second-order valence-electron chi connectivity index (χ2n) is 6.10. The van der Waals surface area contributed by atoms with Crippen LogP contribution in [0.5, 0.6) is 0 Å². The third-order valence-corrected chi connectivity index (χ3v) is 3.42. The standard InChI is InChI=1S/C16H27N3O/c1-4-9-19(12-16(2,3)11-17)10-13-7-5-6-8-14(13)15(18)20/h5-8H,4,9-12,17H2,1-3H3,(H2,18,20). The maximum atomic E-state index is 11.5. The van der Waals surface area contributed by atoms with Crippen molar-refractivity contribution < 1.29 is 4.79 Å². The molecule has 0 saturated carbocycles. The van der Waals surface area contributed by atoms with Crippen molar-refractivity contribution >= 4 is 5.91 Å². The summed E-state index contributed by atoms with van der Waals surface area (Å²) >= 11 is 0. The van der Waals surface area contributed by atoms with Gasteiger partial charge in [-0.25, -0.2) is 0 Å². The molecule has 0 heterocycles. The Hall–Kier alpha value is -1.39. The molecule has 1 amide bonds.